The van der Waals surface area contributed by atoms with E-state index < -0.39 is 36.9 Å². The Morgan fingerprint density at radius 2 is 1.74 bits per heavy atom. The molecule has 0 aliphatic rings. The molecule has 0 saturated carbocycles. The Morgan fingerprint density at radius 3 is 2.26 bits per heavy atom. The molecule has 34 heavy (non-hydrogen) atoms. The summed E-state index contributed by atoms with van der Waals surface area (Å²) in [5, 5.41) is 26.7. The number of carbonyl (C=O) groups excluding carboxylic acids is 1. The molecular weight excluding hydrogens is 596 g/mol. The van der Waals surface area contributed by atoms with Gasteiger partial charge in [0, 0.05) is 17.2 Å². The lowest BCUT2D eigenvalue weighted by Crippen LogP contribution is -2.18. The van der Waals surface area contributed by atoms with E-state index >= 15 is 0 Å². The van der Waals surface area contributed by atoms with Crippen LogP contribution in [0.5, 0.6) is 17.2 Å². The number of nitro benzene ring substituents is 1. The van der Waals surface area contributed by atoms with Gasteiger partial charge in [-0.25, -0.2) is 13.6 Å². The molecule has 0 aromatic heterocycles. The standard InChI is InChI=1S/C22H18Br2N2O7S/c1-11(2)14-10-13(6-7-18(14)27)33-22-15(23)8-12(9-16(22)24)21(28)20-17(26(29)30)4-3-5-19(20)34(25,31)32/h3-11,27H,1-2H3,(H2,25,31,32). The molecule has 0 unspecified atom stereocenters. The normalized spacial score (nSPS) is 11.5. The summed E-state index contributed by atoms with van der Waals surface area (Å²) in [5.74, 6) is 0.000943. The lowest BCUT2D eigenvalue weighted by Gasteiger charge is -2.15. The van der Waals surface area contributed by atoms with Crippen LogP contribution in [0.1, 0.15) is 41.3 Å². The van der Waals surface area contributed by atoms with Crippen molar-refractivity contribution >= 4 is 53.4 Å². The Hall–Kier alpha value is -2.80. The number of primary sulfonamides is 1. The molecule has 0 radical (unpaired) electrons. The van der Waals surface area contributed by atoms with Crippen molar-refractivity contribution in [1.82, 2.24) is 0 Å². The van der Waals surface area contributed by atoms with E-state index in [1.807, 2.05) is 13.8 Å². The summed E-state index contributed by atoms with van der Waals surface area (Å²) in [6.45, 7) is 3.84. The van der Waals surface area contributed by atoms with Gasteiger partial charge in [-0.2, -0.15) is 0 Å². The van der Waals surface area contributed by atoms with Crippen molar-refractivity contribution in [2.24, 2.45) is 5.14 Å². The Balaban J connectivity index is 2.08. The molecule has 0 fully saturated rings. The van der Waals surface area contributed by atoms with E-state index in [1.54, 1.807) is 12.1 Å². The molecule has 3 aromatic carbocycles. The lowest BCUT2D eigenvalue weighted by atomic mass is 10.0. The van der Waals surface area contributed by atoms with Crippen molar-refractivity contribution in [3.63, 3.8) is 0 Å². The minimum Gasteiger partial charge on any atom is -0.508 e. The lowest BCUT2D eigenvalue weighted by molar-refractivity contribution is -0.385. The van der Waals surface area contributed by atoms with Crippen molar-refractivity contribution in [1.29, 1.82) is 0 Å². The first kappa shape index (κ1) is 25.8. The summed E-state index contributed by atoms with van der Waals surface area (Å²) < 4.78 is 30.6. The molecule has 0 aliphatic heterocycles. The Bertz CT molecular complexity index is 1400. The highest BCUT2D eigenvalue weighted by atomic mass is 79.9. The predicted molar refractivity (Wildman–Crippen MR) is 132 cm³/mol. The van der Waals surface area contributed by atoms with Crippen molar-refractivity contribution < 1.29 is 28.0 Å². The van der Waals surface area contributed by atoms with Gasteiger partial charge >= 0.3 is 0 Å². The predicted octanol–water partition coefficient (Wildman–Crippen LogP) is 5.62. The molecule has 0 heterocycles. The third-order valence-electron chi connectivity index (χ3n) is 4.84. The molecular formula is C22H18Br2N2O7S. The van der Waals surface area contributed by atoms with E-state index in [-0.39, 0.29) is 17.2 Å². The maximum absolute atomic E-state index is 13.2. The molecule has 12 heteroatoms. The number of nitro groups is 1. The number of ether oxygens (including phenoxy) is 1. The molecule has 0 atom stereocenters. The van der Waals surface area contributed by atoms with Crippen molar-refractivity contribution in [3.05, 3.63) is 84.3 Å². The number of halogens is 2. The monoisotopic (exact) mass is 612 g/mol. The fourth-order valence-electron chi connectivity index (χ4n) is 3.25. The van der Waals surface area contributed by atoms with E-state index in [0.717, 1.165) is 18.2 Å². The van der Waals surface area contributed by atoms with Crippen LogP contribution >= 0.6 is 31.9 Å². The third kappa shape index (κ3) is 5.30. The van der Waals surface area contributed by atoms with Crippen LogP contribution in [0, 0.1) is 10.1 Å². The number of carbonyl (C=O) groups is 1. The second-order valence-electron chi connectivity index (χ2n) is 7.53. The quantitative estimate of drug-likeness (QED) is 0.199. The maximum Gasteiger partial charge on any atom is 0.281 e. The van der Waals surface area contributed by atoms with Crippen LogP contribution in [0.3, 0.4) is 0 Å². The van der Waals surface area contributed by atoms with E-state index in [0.29, 0.717) is 26.0 Å². The molecule has 3 rings (SSSR count). The SMILES string of the molecule is CC(C)c1cc(Oc2c(Br)cc(C(=O)c3c([N+](=O)[O-])cccc3S(N)(=O)=O)cc2Br)ccc1O. The summed E-state index contributed by atoms with van der Waals surface area (Å²) in [6, 6.07) is 10.7. The Morgan fingerprint density at radius 1 is 1.12 bits per heavy atom. The summed E-state index contributed by atoms with van der Waals surface area (Å²) in [6.07, 6.45) is 0. The number of nitrogens with two attached hydrogens (primary N) is 1. The fraction of sp³-hybridized carbons (Fsp3) is 0.136. The van der Waals surface area contributed by atoms with Crippen LogP contribution in [0.4, 0.5) is 5.69 Å². The molecule has 3 aromatic rings. The minimum absolute atomic E-state index is 0.0427. The van der Waals surface area contributed by atoms with Gasteiger partial charge in [0.2, 0.25) is 15.8 Å². The zero-order valence-electron chi connectivity index (χ0n) is 17.8. The molecule has 0 amide bonds. The number of ketones is 1. The Labute approximate surface area is 212 Å². The van der Waals surface area contributed by atoms with Crippen LogP contribution in [-0.2, 0) is 10.0 Å². The molecule has 0 spiro atoms. The summed E-state index contributed by atoms with van der Waals surface area (Å²) in [7, 11) is -4.42. The first-order valence-corrected chi connectivity index (χ1v) is 12.8. The van der Waals surface area contributed by atoms with E-state index in [9.17, 15) is 28.4 Å². The first-order valence-electron chi connectivity index (χ1n) is 9.66. The summed E-state index contributed by atoms with van der Waals surface area (Å²) in [5.41, 5.74) is -0.681. The minimum atomic E-state index is -4.42. The topological polar surface area (TPSA) is 150 Å². The number of aromatic hydroxyl groups is 1. The van der Waals surface area contributed by atoms with Crippen LogP contribution in [-0.4, -0.2) is 24.2 Å². The van der Waals surface area contributed by atoms with Gasteiger partial charge in [-0.05, 0) is 74.2 Å². The van der Waals surface area contributed by atoms with Crippen LogP contribution in [0.2, 0.25) is 0 Å². The highest BCUT2D eigenvalue weighted by Gasteiger charge is 2.30. The molecule has 0 saturated heterocycles. The third-order valence-corrected chi connectivity index (χ3v) is 6.97. The van der Waals surface area contributed by atoms with Crippen molar-refractivity contribution in [2.45, 2.75) is 24.7 Å². The zero-order chi connectivity index (χ0) is 25.4. The van der Waals surface area contributed by atoms with E-state index in [2.05, 4.69) is 31.9 Å². The number of sulfonamides is 1. The van der Waals surface area contributed by atoms with Gasteiger partial charge in [0.15, 0.2) is 5.75 Å². The number of benzene rings is 3. The second kappa shape index (κ2) is 9.82. The number of phenolic OH excluding ortho intramolecular Hbond substituents is 1. The van der Waals surface area contributed by atoms with Crippen molar-refractivity contribution in [2.75, 3.05) is 0 Å². The molecule has 9 nitrogen and oxygen atoms in total. The number of nitrogens with zero attached hydrogens (tertiary/aromatic N) is 1. The van der Waals surface area contributed by atoms with E-state index in [1.165, 1.54) is 18.2 Å². The molecule has 0 bridgehead atoms. The number of hydrogen-bond donors (Lipinski definition) is 2. The van der Waals surface area contributed by atoms with Gasteiger partial charge < -0.3 is 9.84 Å². The fourth-order valence-corrected chi connectivity index (χ4v) is 5.34. The molecule has 178 valence electrons. The zero-order valence-corrected chi connectivity index (χ0v) is 21.8. The van der Waals surface area contributed by atoms with Gasteiger partial charge in [0.1, 0.15) is 17.1 Å². The smallest absolute Gasteiger partial charge is 0.281 e. The molecule has 3 N–H and O–H groups in total. The van der Waals surface area contributed by atoms with Crippen LogP contribution in [0.25, 0.3) is 0 Å². The van der Waals surface area contributed by atoms with Gasteiger partial charge in [-0.3, -0.25) is 14.9 Å². The van der Waals surface area contributed by atoms with Crippen LogP contribution in [0.15, 0.2) is 62.4 Å². The van der Waals surface area contributed by atoms with Crippen molar-refractivity contribution in [3.8, 4) is 17.2 Å². The second-order valence-corrected chi connectivity index (χ2v) is 10.8. The van der Waals surface area contributed by atoms with E-state index in [4.69, 9.17) is 9.88 Å². The van der Waals surface area contributed by atoms with Crippen LogP contribution < -0.4 is 9.88 Å². The largest absolute Gasteiger partial charge is 0.508 e. The highest BCUT2D eigenvalue weighted by Crippen LogP contribution is 2.40. The van der Waals surface area contributed by atoms with Gasteiger partial charge in [-0.15, -0.1) is 0 Å². The number of phenols is 1. The average Bonchev–Trinajstić information content (AvgIpc) is 2.75. The Kier molecular flexibility index (Phi) is 7.46. The van der Waals surface area contributed by atoms with Gasteiger partial charge in [-0.1, -0.05) is 19.9 Å². The average molecular weight is 614 g/mol. The van der Waals surface area contributed by atoms with Gasteiger partial charge in [0.25, 0.3) is 5.69 Å². The molecule has 0 aliphatic carbocycles. The first-order chi connectivity index (χ1) is 15.8. The summed E-state index contributed by atoms with van der Waals surface area (Å²) in [4.78, 5) is 23.2. The number of hydrogen-bond acceptors (Lipinski definition) is 7. The number of rotatable bonds is 7. The summed E-state index contributed by atoms with van der Waals surface area (Å²) >= 11 is 6.66. The maximum atomic E-state index is 13.2. The van der Waals surface area contributed by atoms with Gasteiger partial charge in [0.05, 0.1) is 18.8 Å². The highest BCUT2D eigenvalue weighted by molar-refractivity contribution is 9.11.